The lowest BCUT2D eigenvalue weighted by Crippen LogP contribution is -2.26. The monoisotopic (exact) mass is 353 g/mol. The van der Waals surface area contributed by atoms with Crippen molar-refractivity contribution >= 4 is 23.5 Å². The van der Waals surface area contributed by atoms with Gasteiger partial charge in [-0.2, -0.15) is 0 Å². The number of carbonyl (C=O) groups is 2. The van der Waals surface area contributed by atoms with Gasteiger partial charge in [-0.1, -0.05) is 62.3 Å². The summed E-state index contributed by atoms with van der Waals surface area (Å²) in [5.41, 5.74) is 0.972. The van der Waals surface area contributed by atoms with Gasteiger partial charge in [-0.05, 0) is 30.5 Å². The first kappa shape index (κ1) is 20.5. The Morgan fingerprint density at radius 2 is 1.42 bits per heavy atom. The first-order valence-corrected chi connectivity index (χ1v) is 9.18. The van der Waals surface area contributed by atoms with Gasteiger partial charge >= 0.3 is 5.97 Å². The van der Waals surface area contributed by atoms with Gasteiger partial charge in [0.15, 0.2) is 0 Å². The van der Waals surface area contributed by atoms with Crippen LogP contribution < -0.4 is 5.32 Å². The van der Waals surface area contributed by atoms with Crippen molar-refractivity contribution in [1.29, 1.82) is 0 Å². The Kier molecular flexibility index (Phi) is 10.9. The minimum atomic E-state index is -0.701. The Morgan fingerprint density at radius 3 is 2.00 bits per heavy atom. The molecule has 0 fully saturated rings. The summed E-state index contributed by atoms with van der Waals surface area (Å²) in [6, 6.07) is 7.34. The molecule has 0 aliphatic rings. The van der Waals surface area contributed by atoms with Gasteiger partial charge in [0, 0.05) is 18.0 Å². The number of carboxylic acids is 1. The van der Waals surface area contributed by atoms with E-state index in [0.29, 0.717) is 11.4 Å². The lowest BCUT2D eigenvalue weighted by molar-refractivity contribution is -0.137. The third kappa shape index (κ3) is 11.1. The molecule has 0 unspecified atom stereocenters. The number of rotatable bonds is 13. The molecule has 4 nitrogen and oxygen atoms in total. The molecule has 0 aliphatic heterocycles. The van der Waals surface area contributed by atoms with Crippen LogP contribution in [0.5, 0.6) is 0 Å². The number of benzene rings is 1. The van der Waals surface area contributed by atoms with Crippen LogP contribution in [0.2, 0.25) is 5.02 Å². The average molecular weight is 354 g/mol. The van der Waals surface area contributed by atoms with E-state index in [4.69, 9.17) is 16.7 Å². The highest BCUT2D eigenvalue weighted by Crippen LogP contribution is 2.11. The van der Waals surface area contributed by atoms with Crippen molar-refractivity contribution in [3.8, 4) is 0 Å². The Labute approximate surface area is 149 Å². The molecule has 0 radical (unpaired) electrons. The summed E-state index contributed by atoms with van der Waals surface area (Å²) >= 11 is 5.82. The third-order valence-corrected chi connectivity index (χ3v) is 4.17. The largest absolute Gasteiger partial charge is 0.481 e. The maximum Gasteiger partial charge on any atom is 0.303 e. The second-order valence-corrected chi connectivity index (χ2v) is 6.56. The van der Waals surface area contributed by atoms with Crippen LogP contribution in [-0.4, -0.2) is 23.5 Å². The second-order valence-electron chi connectivity index (χ2n) is 6.13. The minimum Gasteiger partial charge on any atom is -0.481 e. The van der Waals surface area contributed by atoms with E-state index >= 15 is 0 Å². The van der Waals surface area contributed by atoms with Crippen molar-refractivity contribution in [2.45, 2.75) is 64.2 Å². The smallest absolute Gasteiger partial charge is 0.303 e. The van der Waals surface area contributed by atoms with Crippen LogP contribution in [0, 0.1) is 0 Å². The molecule has 24 heavy (non-hydrogen) atoms. The number of carbonyl (C=O) groups excluding carboxylic acids is 1. The lowest BCUT2D eigenvalue weighted by Gasteiger charge is -2.06. The molecule has 0 saturated heterocycles. The van der Waals surface area contributed by atoms with Crippen molar-refractivity contribution in [2.24, 2.45) is 0 Å². The van der Waals surface area contributed by atoms with Gasteiger partial charge in [-0.25, -0.2) is 0 Å². The van der Waals surface area contributed by atoms with Crippen molar-refractivity contribution < 1.29 is 14.7 Å². The van der Waals surface area contributed by atoms with Crippen LogP contribution in [-0.2, 0) is 16.0 Å². The predicted molar refractivity (Wildman–Crippen MR) is 97.4 cm³/mol. The molecule has 2 N–H and O–H groups in total. The molecule has 5 heteroatoms. The highest BCUT2D eigenvalue weighted by atomic mass is 35.5. The number of carboxylic acid groups (broad SMARTS) is 1. The summed E-state index contributed by atoms with van der Waals surface area (Å²) < 4.78 is 0. The molecule has 1 aromatic carbocycles. The van der Waals surface area contributed by atoms with Gasteiger partial charge in [0.1, 0.15) is 0 Å². The van der Waals surface area contributed by atoms with Crippen LogP contribution >= 0.6 is 11.6 Å². The molecular weight excluding hydrogens is 326 g/mol. The summed E-state index contributed by atoms with van der Waals surface area (Å²) in [4.78, 5) is 22.2. The van der Waals surface area contributed by atoms with E-state index in [2.05, 4.69) is 5.32 Å². The van der Waals surface area contributed by atoms with Crippen molar-refractivity contribution in [3.05, 3.63) is 34.9 Å². The number of halogens is 1. The normalized spacial score (nSPS) is 10.5. The minimum absolute atomic E-state index is 0.0516. The maximum atomic E-state index is 11.8. The molecule has 1 rings (SSSR count). The van der Waals surface area contributed by atoms with E-state index in [1.807, 2.05) is 12.1 Å². The van der Waals surface area contributed by atoms with E-state index in [9.17, 15) is 9.59 Å². The summed E-state index contributed by atoms with van der Waals surface area (Å²) in [5, 5.41) is 12.2. The zero-order chi connectivity index (χ0) is 17.6. The Balaban J connectivity index is 1.90. The zero-order valence-corrected chi connectivity index (χ0v) is 15.0. The molecule has 1 amide bonds. The topological polar surface area (TPSA) is 66.4 Å². The highest BCUT2D eigenvalue weighted by Gasteiger charge is 2.02. The standard InChI is InChI=1S/C19H28ClNO3/c20-17-12-10-16(11-13-17)15-18(22)21-14-8-6-4-2-1-3-5-7-9-19(23)24/h10-13H,1-9,14-15H2,(H,21,22)(H,23,24). The second kappa shape index (κ2) is 12.8. The van der Waals surface area contributed by atoms with Crippen molar-refractivity contribution in [2.75, 3.05) is 6.54 Å². The zero-order valence-electron chi connectivity index (χ0n) is 14.2. The van der Waals surface area contributed by atoms with Gasteiger partial charge in [-0.3, -0.25) is 9.59 Å². The number of nitrogens with one attached hydrogen (secondary N) is 1. The maximum absolute atomic E-state index is 11.8. The number of hydrogen-bond acceptors (Lipinski definition) is 2. The third-order valence-electron chi connectivity index (χ3n) is 3.92. The van der Waals surface area contributed by atoms with E-state index in [0.717, 1.165) is 44.2 Å². The lowest BCUT2D eigenvalue weighted by atomic mass is 10.1. The number of amides is 1. The first-order valence-electron chi connectivity index (χ1n) is 8.81. The molecule has 0 aromatic heterocycles. The SMILES string of the molecule is O=C(O)CCCCCCCCCCNC(=O)Cc1ccc(Cl)cc1. The predicted octanol–water partition coefficient (Wildman–Crippen LogP) is 4.59. The van der Waals surface area contributed by atoms with Crippen LogP contribution in [0.25, 0.3) is 0 Å². The van der Waals surface area contributed by atoms with E-state index in [1.165, 1.54) is 19.3 Å². The quantitative estimate of drug-likeness (QED) is 0.509. The number of hydrogen-bond donors (Lipinski definition) is 2. The molecule has 0 bridgehead atoms. The molecule has 0 heterocycles. The van der Waals surface area contributed by atoms with Gasteiger partial charge in [0.2, 0.25) is 5.91 Å². The van der Waals surface area contributed by atoms with Gasteiger partial charge in [0.25, 0.3) is 0 Å². The Morgan fingerprint density at radius 1 is 0.875 bits per heavy atom. The van der Waals surface area contributed by atoms with Crippen molar-refractivity contribution in [1.82, 2.24) is 5.32 Å². The van der Waals surface area contributed by atoms with E-state index < -0.39 is 5.97 Å². The first-order chi connectivity index (χ1) is 11.6. The van der Waals surface area contributed by atoms with E-state index in [1.54, 1.807) is 12.1 Å². The summed E-state index contributed by atoms with van der Waals surface area (Å²) in [6.45, 7) is 0.727. The van der Waals surface area contributed by atoms with Crippen molar-refractivity contribution in [3.63, 3.8) is 0 Å². The van der Waals surface area contributed by atoms with Gasteiger partial charge in [0.05, 0.1) is 6.42 Å². The fraction of sp³-hybridized carbons (Fsp3) is 0.579. The highest BCUT2D eigenvalue weighted by molar-refractivity contribution is 6.30. The average Bonchev–Trinajstić information content (AvgIpc) is 2.54. The summed E-state index contributed by atoms with van der Waals surface area (Å²) in [6.07, 6.45) is 9.25. The molecule has 1 aromatic rings. The van der Waals surface area contributed by atoms with E-state index in [-0.39, 0.29) is 12.3 Å². The Hall–Kier alpha value is -1.55. The summed E-state index contributed by atoms with van der Waals surface area (Å²) in [5.74, 6) is -0.649. The van der Waals surface area contributed by atoms with Crippen LogP contribution in [0.1, 0.15) is 63.4 Å². The Bertz CT molecular complexity index is 488. The molecule has 0 spiro atoms. The fourth-order valence-corrected chi connectivity index (χ4v) is 2.67. The fourth-order valence-electron chi connectivity index (χ4n) is 2.54. The molecule has 134 valence electrons. The summed E-state index contributed by atoms with van der Waals surface area (Å²) in [7, 11) is 0. The van der Waals surface area contributed by atoms with Crippen LogP contribution in [0.4, 0.5) is 0 Å². The number of aliphatic carboxylic acids is 1. The molecule has 0 saturated carbocycles. The molecular formula is C19H28ClNO3. The van der Waals surface area contributed by atoms with Crippen LogP contribution in [0.15, 0.2) is 24.3 Å². The molecule has 0 aliphatic carbocycles. The van der Waals surface area contributed by atoms with Gasteiger partial charge < -0.3 is 10.4 Å². The van der Waals surface area contributed by atoms with Gasteiger partial charge in [-0.15, -0.1) is 0 Å². The molecule has 0 atom stereocenters. The van der Waals surface area contributed by atoms with Crippen LogP contribution in [0.3, 0.4) is 0 Å². The number of unbranched alkanes of at least 4 members (excludes halogenated alkanes) is 7.